The number of nitrogens with zero attached hydrogens (tertiary/aromatic N) is 1. The first-order valence-electron chi connectivity index (χ1n) is 8.70. The number of hydrogen-bond acceptors (Lipinski definition) is 3. The molecule has 2 amide bonds. The largest absolute Gasteiger partial charge is 0.326 e. The maximum absolute atomic E-state index is 13.3. The second kappa shape index (κ2) is 7.73. The van der Waals surface area contributed by atoms with Crippen LogP contribution in [0, 0.1) is 5.82 Å². The highest BCUT2D eigenvalue weighted by Gasteiger charge is 2.34. The average molecular weight is 415 g/mol. The van der Waals surface area contributed by atoms with E-state index in [9.17, 15) is 14.0 Å². The standard InChI is InChI=1S/C21H16ClFN2O2S/c22-16-10-14(7-8-17(16)23)24-20(26)11-18(19-6-3-9-28-19)25-12-13-4-1-2-5-15(13)21(25)27/h1-10,18H,11-12H2,(H,24,26)/t18-/m0/s1. The van der Waals surface area contributed by atoms with Crippen molar-refractivity contribution in [2.45, 2.75) is 19.0 Å². The summed E-state index contributed by atoms with van der Waals surface area (Å²) in [6, 6.07) is 15.0. The van der Waals surface area contributed by atoms with Gasteiger partial charge in [-0.1, -0.05) is 35.9 Å². The van der Waals surface area contributed by atoms with Crippen LogP contribution in [0.2, 0.25) is 5.02 Å². The van der Waals surface area contributed by atoms with Gasteiger partial charge < -0.3 is 10.2 Å². The number of benzene rings is 2. The molecule has 0 fully saturated rings. The molecule has 4 nitrogen and oxygen atoms in total. The third-order valence-electron chi connectivity index (χ3n) is 4.68. The Kier molecular flexibility index (Phi) is 5.15. The minimum absolute atomic E-state index is 0.0576. The van der Waals surface area contributed by atoms with Crippen LogP contribution >= 0.6 is 22.9 Å². The molecular weight excluding hydrogens is 399 g/mol. The van der Waals surface area contributed by atoms with Crippen molar-refractivity contribution in [3.63, 3.8) is 0 Å². The van der Waals surface area contributed by atoms with Crippen LogP contribution in [-0.2, 0) is 11.3 Å². The van der Waals surface area contributed by atoms with Crippen molar-refractivity contribution in [2.24, 2.45) is 0 Å². The lowest BCUT2D eigenvalue weighted by molar-refractivity contribution is -0.117. The van der Waals surface area contributed by atoms with Crippen molar-refractivity contribution >= 4 is 40.4 Å². The second-order valence-corrected chi connectivity index (χ2v) is 7.89. The van der Waals surface area contributed by atoms with E-state index in [1.165, 1.54) is 29.5 Å². The first kappa shape index (κ1) is 18.7. The molecule has 142 valence electrons. The summed E-state index contributed by atoms with van der Waals surface area (Å²) in [5.74, 6) is -0.895. The van der Waals surface area contributed by atoms with Crippen molar-refractivity contribution in [3.05, 3.63) is 86.8 Å². The van der Waals surface area contributed by atoms with E-state index in [0.29, 0.717) is 17.8 Å². The quantitative estimate of drug-likeness (QED) is 0.618. The second-order valence-electron chi connectivity index (χ2n) is 6.50. The van der Waals surface area contributed by atoms with Crippen LogP contribution in [0.3, 0.4) is 0 Å². The topological polar surface area (TPSA) is 49.4 Å². The van der Waals surface area contributed by atoms with Gasteiger partial charge >= 0.3 is 0 Å². The van der Waals surface area contributed by atoms with E-state index in [1.807, 2.05) is 41.8 Å². The Hall–Kier alpha value is -2.70. The van der Waals surface area contributed by atoms with E-state index < -0.39 is 5.82 Å². The van der Waals surface area contributed by atoms with Crippen molar-refractivity contribution < 1.29 is 14.0 Å². The summed E-state index contributed by atoms with van der Waals surface area (Å²) in [6.45, 7) is 0.466. The van der Waals surface area contributed by atoms with Crippen LogP contribution in [0.15, 0.2) is 60.0 Å². The molecule has 7 heteroatoms. The Bertz CT molecular complexity index is 1040. The molecule has 0 bridgehead atoms. The lowest BCUT2D eigenvalue weighted by atomic mass is 10.1. The fraction of sp³-hybridized carbons (Fsp3) is 0.143. The Morgan fingerprint density at radius 2 is 2.04 bits per heavy atom. The molecule has 0 spiro atoms. The summed E-state index contributed by atoms with van der Waals surface area (Å²) in [5, 5.41) is 4.61. The molecule has 28 heavy (non-hydrogen) atoms. The highest BCUT2D eigenvalue weighted by molar-refractivity contribution is 7.10. The van der Waals surface area contributed by atoms with Crippen LogP contribution < -0.4 is 5.32 Å². The Morgan fingerprint density at radius 1 is 1.21 bits per heavy atom. The molecule has 1 N–H and O–H groups in total. The lowest BCUT2D eigenvalue weighted by Crippen LogP contribution is -2.31. The SMILES string of the molecule is O=C(C[C@@H](c1cccs1)N1Cc2ccccc2C1=O)Nc1ccc(F)c(Cl)c1. The van der Waals surface area contributed by atoms with Crippen LogP contribution in [0.25, 0.3) is 0 Å². The molecule has 3 aromatic rings. The number of nitrogens with one attached hydrogen (secondary N) is 1. The minimum Gasteiger partial charge on any atom is -0.326 e. The van der Waals surface area contributed by atoms with Gasteiger partial charge in [-0.25, -0.2) is 4.39 Å². The Balaban J connectivity index is 1.55. The number of hydrogen-bond donors (Lipinski definition) is 1. The van der Waals surface area contributed by atoms with E-state index >= 15 is 0 Å². The van der Waals surface area contributed by atoms with Crippen LogP contribution in [0.4, 0.5) is 10.1 Å². The maximum Gasteiger partial charge on any atom is 0.255 e. The van der Waals surface area contributed by atoms with E-state index in [-0.39, 0.29) is 29.3 Å². The predicted molar refractivity (Wildman–Crippen MR) is 108 cm³/mol. The zero-order valence-electron chi connectivity index (χ0n) is 14.7. The molecule has 0 unspecified atom stereocenters. The van der Waals surface area contributed by atoms with Crippen LogP contribution in [0.5, 0.6) is 0 Å². The van der Waals surface area contributed by atoms with E-state index in [2.05, 4.69) is 5.32 Å². The smallest absolute Gasteiger partial charge is 0.255 e. The number of fused-ring (bicyclic) bond motifs is 1. The summed E-state index contributed by atoms with van der Waals surface area (Å²) in [6.07, 6.45) is 0.0925. The number of rotatable bonds is 5. The number of halogens is 2. The van der Waals surface area contributed by atoms with Gasteiger partial charge in [0, 0.05) is 22.7 Å². The van der Waals surface area contributed by atoms with Crippen molar-refractivity contribution in [1.29, 1.82) is 0 Å². The fourth-order valence-electron chi connectivity index (χ4n) is 3.34. The van der Waals surface area contributed by atoms with Gasteiger partial charge in [-0.2, -0.15) is 0 Å². The summed E-state index contributed by atoms with van der Waals surface area (Å²) >= 11 is 7.29. The Labute approximate surface area is 170 Å². The lowest BCUT2D eigenvalue weighted by Gasteiger charge is -2.26. The molecule has 0 radical (unpaired) electrons. The zero-order valence-corrected chi connectivity index (χ0v) is 16.3. The number of anilines is 1. The minimum atomic E-state index is -0.545. The molecule has 4 rings (SSSR count). The van der Waals surface area contributed by atoms with Crippen LogP contribution in [0.1, 0.15) is 33.3 Å². The van der Waals surface area contributed by atoms with Gasteiger partial charge in [-0.15, -0.1) is 11.3 Å². The molecule has 0 aliphatic carbocycles. The molecule has 2 aromatic carbocycles. The van der Waals surface area contributed by atoms with Crippen LogP contribution in [-0.4, -0.2) is 16.7 Å². The van der Waals surface area contributed by atoms with Gasteiger partial charge in [0.15, 0.2) is 0 Å². The van der Waals surface area contributed by atoms with Gasteiger partial charge in [0.1, 0.15) is 5.82 Å². The highest BCUT2D eigenvalue weighted by atomic mass is 35.5. The molecule has 0 saturated heterocycles. The molecule has 1 aliphatic rings. The third-order valence-corrected chi connectivity index (χ3v) is 5.94. The maximum atomic E-state index is 13.3. The molecule has 0 saturated carbocycles. The van der Waals surface area contributed by atoms with Gasteiger partial charge in [-0.05, 0) is 41.3 Å². The number of carbonyl (C=O) groups excluding carboxylic acids is 2. The molecule has 1 aliphatic heterocycles. The average Bonchev–Trinajstić information content (AvgIpc) is 3.32. The Morgan fingerprint density at radius 3 is 2.75 bits per heavy atom. The number of amides is 2. The zero-order chi connectivity index (χ0) is 19.7. The highest BCUT2D eigenvalue weighted by Crippen LogP contribution is 2.35. The predicted octanol–water partition coefficient (Wildman–Crippen LogP) is 5.27. The van der Waals surface area contributed by atoms with E-state index in [0.717, 1.165) is 10.4 Å². The molecule has 1 atom stereocenters. The van der Waals surface area contributed by atoms with E-state index in [1.54, 1.807) is 4.90 Å². The summed E-state index contributed by atoms with van der Waals surface area (Å²) in [7, 11) is 0. The molecule has 1 aromatic heterocycles. The molecule has 2 heterocycles. The van der Waals surface area contributed by atoms with Crippen molar-refractivity contribution in [1.82, 2.24) is 4.90 Å². The monoisotopic (exact) mass is 414 g/mol. The number of carbonyl (C=O) groups is 2. The third kappa shape index (κ3) is 3.66. The normalized spacial score (nSPS) is 14.1. The van der Waals surface area contributed by atoms with Gasteiger partial charge in [0.25, 0.3) is 5.91 Å². The van der Waals surface area contributed by atoms with Crippen molar-refractivity contribution in [3.8, 4) is 0 Å². The van der Waals surface area contributed by atoms with E-state index in [4.69, 9.17) is 11.6 Å². The van der Waals surface area contributed by atoms with Gasteiger partial charge in [0.2, 0.25) is 5.91 Å². The first-order valence-corrected chi connectivity index (χ1v) is 9.96. The first-order chi connectivity index (χ1) is 13.5. The van der Waals surface area contributed by atoms with Gasteiger partial charge in [0.05, 0.1) is 17.5 Å². The summed E-state index contributed by atoms with van der Waals surface area (Å²) in [5.41, 5.74) is 2.05. The van der Waals surface area contributed by atoms with Gasteiger partial charge in [-0.3, -0.25) is 9.59 Å². The van der Waals surface area contributed by atoms with Crippen molar-refractivity contribution in [2.75, 3.05) is 5.32 Å². The number of thiophene rings is 1. The summed E-state index contributed by atoms with van der Waals surface area (Å²) < 4.78 is 13.3. The fourth-order valence-corrected chi connectivity index (χ4v) is 4.35. The summed E-state index contributed by atoms with van der Waals surface area (Å²) in [4.78, 5) is 28.2. The molecular formula is C21H16ClFN2O2S.